The van der Waals surface area contributed by atoms with Crippen LogP contribution in [-0.2, 0) is 0 Å². The lowest BCUT2D eigenvalue weighted by Crippen LogP contribution is -2.13. The van der Waals surface area contributed by atoms with Crippen molar-refractivity contribution in [1.82, 2.24) is 0 Å². The Labute approximate surface area is 84.8 Å². The van der Waals surface area contributed by atoms with Crippen LogP contribution >= 0.6 is 0 Å². The van der Waals surface area contributed by atoms with E-state index >= 15 is 0 Å². The highest BCUT2D eigenvalue weighted by atomic mass is 16.5. The number of hydrogen-bond acceptors (Lipinski definition) is 2. The SMILES string of the molecule is COc1cc(C)cc2c1OCCC2C. The van der Waals surface area contributed by atoms with Crippen molar-refractivity contribution >= 4 is 0 Å². The van der Waals surface area contributed by atoms with Crippen molar-refractivity contribution < 1.29 is 9.47 Å². The molecule has 1 atom stereocenters. The van der Waals surface area contributed by atoms with E-state index in [4.69, 9.17) is 9.47 Å². The van der Waals surface area contributed by atoms with Gasteiger partial charge in [-0.3, -0.25) is 0 Å². The van der Waals surface area contributed by atoms with Gasteiger partial charge in [-0.25, -0.2) is 0 Å². The molecule has 1 aromatic rings. The molecule has 1 aliphatic heterocycles. The predicted octanol–water partition coefficient (Wildman–Crippen LogP) is 2.89. The first-order valence-corrected chi connectivity index (χ1v) is 5.03. The summed E-state index contributed by atoms with van der Waals surface area (Å²) in [5, 5.41) is 0. The summed E-state index contributed by atoms with van der Waals surface area (Å²) in [7, 11) is 1.69. The molecule has 0 bridgehead atoms. The lowest BCUT2D eigenvalue weighted by Gasteiger charge is -2.25. The Balaban J connectivity index is 2.54. The largest absolute Gasteiger partial charge is 0.493 e. The van der Waals surface area contributed by atoms with Gasteiger partial charge in [0.25, 0.3) is 0 Å². The second kappa shape index (κ2) is 3.52. The van der Waals surface area contributed by atoms with Crippen molar-refractivity contribution in [2.24, 2.45) is 0 Å². The van der Waals surface area contributed by atoms with E-state index in [1.54, 1.807) is 7.11 Å². The summed E-state index contributed by atoms with van der Waals surface area (Å²) in [4.78, 5) is 0. The summed E-state index contributed by atoms with van der Waals surface area (Å²) >= 11 is 0. The standard InChI is InChI=1S/C12H16O2/c1-8-6-10-9(2)4-5-14-12(10)11(7-8)13-3/h6-7,9H,4-5H2,1-3H3. The van der Waals surface area contributed by atoms with E-state index in [-0.39, 0.29) is 0 Å². The van der Waals surface area contributed by atoms with Gasteiger partial charge < -0.3 is 9.47 Å². The molecule has 1 aliphatic rings. The fourth-order valence-corrected chi connectivity index (χ4v) is 1.93. The second-order valence-electron chi connectivity index (χ2n) is 3.92. The van der Waals surface area contributed by atoms with Crippen LogP contribution in [0.25, 0.3) is 0 Å². The lowest BCUT2D eigenvalue weighted by atomic mass is 9.93. The molecule has 2 heteroatoms. The molecule has 0 aliphatic carbocycles. The van der Waals surface area contributed by atoms with Gasteiger partial charge >= 0.3 is 0 Å². The van der Waals surface area contributed by atoms with E-state index in [0.29, 0.717) is 5.92 Å². The third-order valence-electron chi connectivity index (χ3n) is 2.78. The molecule has 0 N–H and O–H groups in total. The van der Waals surface area contributed by atoms with Crippen molar-refractivity contribution in [2.75, 3.05) is 13.7 Å². The minimum absolute atomic E-state index is 0.576. The van der Waals surface area contributed by atoms with Gasteiger partial charge in [0.15, 0.2) is 11.5 Å². The Kier molecular flexibility index (Phi) is 2.36. The van der Waals surface area contributed by atoms with Crippen molar-refractivity contribution in [1.29, 1.82) is 0 Å². The van der Waals surface area contributed by atoms with Gasteiger partial charge in [-0.2, -0.15) is 0 Å². The Hall–Kier alpha value is -1.18. The number of rotatable bonds is 1. The van der Waals surface area contributed by atoms with Crippen molar-refractivity contribution in [3.8, 4) is 11.5 Å². The average Bonchev–Trinajstić information content (AvgIpc) is 2.18. The molecule has 2 nitrogen and oxygen atoms in total. The molecule has 14 heavy (non-hydrogen) atoms. The highest BCUT2D eigenvalue weighted by molar-refractivity contribution is 5.51. The lowest BCUT2D eigenvalue weighted by molar-refractivity contribution is 0.255. The maximum absolute atomic E-state index is 5.65. The molecule has 2 rings (SSSR count). The Morgan fingerprint density at radius 1 is 1.43 bits per heavy atom. The number of methoxy groups -OCH3 is 1. The molecule has 0 aromatic heterocycles. The zero-order valence-electron chi connectivity index (χ0n) is 8.96. The van der Waals surface area contributed by atoms with E-state index in [2.05, 4.69) is 19.9 Å². The molecule has 1 heterocycles. The van der Waals surface area contributed by atoms with Gasteiger partial charge in [-0.05, 0) is 30.9 Å². The molecular weight excluding hydrogens is 176 g/mol. The molecule has 0 radical (unpaired) electrons. The van der Waals surface area contributed by atoms with Gasteiger partial charge in [0.2, 0.25) is 0 Å². The third-order valence-corrected chi connectivity index (χ3v) is 2.78. The van der Waals surface area contributed by atoms with Gasteiger partial charge in [0.1, 0.15) is 0 Å². The first-order valence-electron chi connectivity index (χ1n) is 5.03. The smallest absolute Gasteiger partial charge is 0.164 e. The third kappa shape index (κ3) is 1.45. The van der Waals surface area contributed by atoms with E-state index in [1.165, 1.54) is 11.1 Å². The first-order chi connectivity index (χ1) is 6.72. The van der Waals surface area contributed by atoms with Crippen molar-refractivity contribution in [3.63, 3.8) is 0 Å². The van der Waals surface area contributed by atoms with Gasteiger partial charge in [-0.1, -0.05) is 13.0 Å². The van der Waals surface area contributed by atoms with Crippen molar-refractivity contribution in [2.45, 2.75) is 26.2 Å². The molecule has 0 fully saturated rings. The number of fused-ring (bicyclic) bond motifs is 1. The Morgan fingerprint density at radius 2 is 2.21 bits per heavy atom. The van der Waals surface area contributed by atoms with E-state index in [1.807, 2.05) is 6.07 Å². The van der Waals surface area contributed by atoms with Gasteiger partial charge in [-0.15, -0.1) is 0 Å². The summed E-state index contributed by atoms with van der Waals surface area (Å²) in [6, 6.07) is 4.22. The zero-order chi connectivity index (χ0) is 10.1. The summed E-state index contributed by atoms with van der Waals surface area (Å²) in [6.07, 6.45) is 1.10. The van der Waals surface area contributed by atoms with Crippen LogP contribution in [0.4, 0.5) is 0 Å². The normalized spacial score (nSPS) is 19.8. The van der Waals surface area contributed by atoms with Crippen LogP contribution in [0.15, 0.2) is 12.1 Å². The number of hydrogen-bond donors (Lipinski definition) is 0. The quantitative estimate of drug-likeness (QED) is 0.681. The summed E-state index contributed by atoms with van der Waals surface area (Å²) in [5.41, 5.74) is 2.52. The molecule has 0 spiro atoms. The maximum atomic E-state index is 5.65. The van der Waals surface area contributed by atoms with Crippen LogP contribution in [0.3, 0.4) is 0 Å². The minimum atomic E-state index is 0.576. The Morgan fingerprint density at radius 3 is 2.93 bits per heavy atom. The van der Waals surface area contributed by atoms with Crippen LogP contribution < -0.4 is 9.47 Å². The predicted molar refractivity (Wildman–Crippen MR) is 56.3 cm³/mol. The van der Waals surface area contributed by atoms with E-state index in [9.17, 15) is 0 Å². The van der Waals surface area contributed by atoms with Crippen LogP contribution in [0.5, 0.6) is 11.5 Å². The molecule has 0 saturated carbocycles. The maximum Gasteiger partial charge on any atom is 0.164 e. The van der Waals surface area contributed by atoms with Crippen molar-refractivity contribution in [3.05, 3.63) is 23.3 Å². The highest BCUT2D eigenvalue weighted by Crippen LogP contribution is 2.40. The monoisotopic (exact) mass is 192 g/mol. The molecule has 0 amide bonds. The van der Waals surface area contributed by atoms with Crippen LogP contribution in [0.2, 0.25) is 0 Å². The first kappa shape index (κ1) is 9.38. The fraction of sp³-hybridized carbons (Fsp3) is 0.500. The van der Waals surface area contributed by atoms with Crippen LogP contribution in [-0.4, -0.2) is 13.7 Å². The number of benzene rings is 1. The highest BCUT2D eigenvalue weighted by Gasteiger charge is 2.21. The molecule has 0 saturated heterocycles. The summed E-state index contributed by atoms with van der Waals surface area (Å²) < 4.78 is 11.0. The topological polar surface area (TPSA) is 18.5 Å². The van der Waals surface area contributed by atoms with E-state index < -0.39 is 0 Å². The molecule has 76 valence electrons. The molecule has 1 aromatic carbocycles. The summed E-state index contributed by atoms with van der Waals surface area (Å²) in [5.74, 6) is 2.39. The number of ether oxygens (including phenoxy) is 2. The zero-order valence-corrected chi connectivity index (χ0v) is 8.96. The fourth-order valence-electron chi connectivity index (χ4n) is 1.93. The molecular formula is C12H16O2. The molecule has 1 unspecified atom stereocenters. The van der Waals surface area contributed by atoms with Gasteiger partial charge in [0, 0.05) is 5.56 Å². The Bertz CT molecular complexity index is 344. The number of aryl methyl sites for hydroxylation is 1. The minimum Gasteiger partial charge on any atom is -0.493 e. The second-order valence-corrected chi connectivity index (χ2v) is 3.92. The average molecular weight is 192 g/mol. The van der Waals surface area contributed by atoms with E-state index in [0.717, 1.165) is 24.5 Å². The summed E-state index contributed by atoms with van der Waals surface area (Å²) in [6.45, 7) is 5.12. The van der Waals surface area contributed by atoms with Gasteiger partial charge in [0.05, 0.1) is 13.7 Å². The van der Waals surface area contributed by atoms with Crippen LogP contribution in [0, 0.1) is 6.92 Å². The van der Waals surface area contributed by atoms with Crippen LogP contribution in [0.1, 0.15) is 30.4 Å².